The van der Waals surface area contributed by atoms with Crippen molar-refractivity contribution in [2.45, 2.75) is 89.4 Å². The van der Waals surface area contributed by atoms with Crippen LogP contribution < -0.4 is 0 Å². The highest BCUT2D eigenvalue weighted by Crippen LogP contribution is 2.40. The number of ether oxygens (including phenoxy) is 2. The molecule has 6 heteroatoms. The molecule has 0 N–H and O–H groups in total. The third-order valence-corrected chi connectivity index (χ3v) is 6.95. The molecule has 3 aliphatic rings. The van der Waals surface area contributed by atoms with E-state index in [0.717, 1.165) is 13.1 Å². The average Bonchev–Trinajstić information content (AvgIpc) is 2.74. The van der Waals surface area contributed by atoms with Crippen LogP contribution in [0.15, 0.2) is 24.3 Å². The van der Waals surface area contributed by atoms with Gasteiger partial charge in [0.15, 0.2) is 0 Å². The zero-order chi connectivity index (χ0) is 21.7. The minimum absolute atomic E-state index is 0.298. The molecule has 3 rings (SSSR count). The molecular weight excluding hydrogens is 380 g/mol. The molecule has 168 valence electrons. The van der Waals surface area contributed by atoms with Gasteiger partial charge < -0.3 is 9.47 Å². The lowest BCUT2D eigenvalue weighted by Crippen LogP contribution is -2.70. The van der Waals surface area contributed by atoms with Crippen LogP contribution in [-0.2, 0) is 19.1 Å². The largest absolute Gasteiger partial charge is 0.461 e. The standard InChI is InChI=1S/C24H38N2O4/c1-17(2)23(27)29-15-13-25-19-9-5-7-11-21(19)26(14-16-30-24(28)18(3)4)22-12-8-6-10-20(22)25/h19-22H,1,3,5-16H2,2,4H3. The Kier molecular flexibility index (Phi) is 8.12. The van der Waals surface area contributed by atoms with Crippen molar-refractivity contribution >= 4 is 11.9 Å². The summed E-state index contributed by atoms with van der Waals surface area (Å²) in [5, 5.41) is 0. The molecule has 2 saturated carbocycles. The summed E-state index contributed by atoms with van der Waals surface area (Å²) in [6, 6.07) is 1.94. The van der Waals surface area contributed by atoms with E-state index in [1.807, 2.05) is 0 Å². The summed E-state index contributed by atoms with van der Waals surface area (Å²) in [5.41, 5.74) is 0.908. The van der Waals surface area contributed by atoms with Gasteiger partial charge in [-0.15, -0.1) is 0 Å². The molecule has 3 fully saturated rings. The molecule has 30 heavy (non-hydrogen) atoms. The quantitative estimate of drug-likeness (QED) is 0.444. The van der Waals surface area contributed by atoms with Gasteiger partial charge in [-0.3, -0.25) is 9.80 Å². The van der Waals surface area contributed by atoms with Gasteiger partial charge >= 0.3 is 11.9 Å². The highest BCUT2D eigenvalue weighted by atomic mass is 16.5. The maximum atomic E-state index is 11.8. The summed E-state index contributed by atoms with van der Waals surface area (Å²) in [5.74, 6) is -0.596. The van der Waals surface area contributed by atoms with E-state index >= 15 is 0 Å². The lowest BCUT2D eigenvalue weighted by atomic mass is 9.77. The molecule has 1 aliphatic heterocycles. The lowest BCUT2D eigenvalue weighted by Gasteiger charge is -2.59. The van der Waals surface area contributed by atoms with Crippen molar-refractivity contribution < 1.29 is 19.1 Å². The van der Waals surface area contributed by atoms with E-state index < -0.39 is 0 Å². The summed E-state index contributed by atoms with van der Waals surface area (Å²) in [6.45, 7) is 13.2. The topological polar surface area (TPSA) is 59.1 Å². The average molecular weight is 419 g/mol. The fourth-order valence-corrected chi connectivity index (χ4v) is 5.62. The van der Waals surface area contributed by atoms with Crippen molar-refractivity contribution in [3.63, 3.8) is 0 Å². The normalized spacial score (nSPS) is 29.4. The molecule has 0 aromatic heterocycles. The summed E-state index contributed by atoms with van der Waals surface area (Å²) >= 11 is 0. The first kappa shape index (κ1) is 23.0. The van der Waals surface area contributed by atoms with Crippen LogP contribution in [0, 0.1) is 0 Å². The highest BCUT2D eigenvalue weighted by molar-refractivity contribution is 5.87. The van der Waals surface area contributed by atoms with Gasteiger partial charge in [0.25, 0.3) is 0 Å². The second-order valence-corrected chi connectivity index (χ2v) is 9.15. The van der Waals surface area contributed by atoms with Gasteiger partial charge in [-0.25, -0.2) is 9.59 Å². The molecule has 0 amide bonds. The van der Waals surface area contributed by atoms with Crippen molar-refractivity contribution in [2.24, 2.45) is 0 Å². The zero-order valence-electron chi connectivity index (χ0n) is 18.7. The van der Waals surface area contributed by atoms with Gasteiger partial charge in [0, 0.05) is 48.4 Å². The first-order valence-corrected chi connectivity index (χ1v) is 11.6. The molecule has 0 radical (unpaired) electrons. The van der Waals surface area contributed by atoms with E-state index in [4.69, 9.17) is 9.47 Å². The van der Waals surface area contributed by atoms with E-state index in [1.165, 1.54) is 51.4 Å². The fourth-order valence-electron chi connectivity index (χ4n) is 5.62. The number of nitrogens with zero attached hydrogens (tertiary/aromatic N) is 2. The third kappa shape index (κ3) is 5.33. The van der Waals surface area contributed by atoms with Crippen LogP contribution in [0.5, 0.6) is 0 Å². The van der Waals surface area contributed by atoms with Crippen LogP contribution in [0.3, 0.4) is 0 Å². The minimum atomic E-state index is -0.298. The van der Waals surface area contributed by atoms with Crippen LogP contribution in [0.2, 0.25) is 0 Å². The maximum absolute atomic E-state index is 11.8. The number of carbonyl (C=O) groups is 2. The number of hydrogen-bond acceptors (Lipinski definition) is 6. The predicted molar refractivity (Wildman–Crippen MR) is 117 cm³/mol. The number of fused-ring (bicyclic) bond motifs is 2. The van der Waals surface area contributed by atoms with E-state index in [1.54, 1.807) is 13.8 Å². The van der Waals surface area contributed by atoms with Crippen molar-refractivity contribution in [3.8, 4) is 0 Å². The molecule has 2 aliphatic carbocycles. The number of hydrogen-bond donors (Lipinski definition) is 0. The van der Waals surface area contributed by atoms with Crippen LogP contribution >= 0.6 is 0 Å². The van der Waals surface area contributed by atoms with E-state index in [2.05, 4.69) is 23.0 Å². The Morgan fingerprint density at radius 3 is 1.27 bits per heavy atom. The van der Waals surface area contributed by atoms with Crippen LogP contribution in [0.25, 0.3) is 0 Å². The van der Waals surface area contributed by atoms with Crippen molar-refractivity contribution in [1.29, 1.82) is 0 Å². The molecule has 4 atom stereocenters. The van der Waals surface area contributed by atoms with Crippen molar-refractivity contribution in [3.05, 3.63) is 24.3 Å². The first-order chi connectivity index (χ1) is 14.4. The molecule has 1 saturated heterocycles. The first-order valence-electron chi connectivity index (χ1n) is 11.6. The molecule has 0 aromatic rings. The van der Waals surface area contributed by atoms with Crippen LogP contribution in [-0.4, -0.2) is 72.2 Å². The minimum Gasteiger partial charge on any atom is -0.461 e. The number of esters is 2. The van der Waals surface area contributed by atoms with E-state index in [-0.39, 0.29) is 11.9 Å². The highest BCUT2D eigenvalue weighted by Gasteiger charge is 2.48. The summed E-state index contributed by atoms with van der Waals surface area (Å²) < 4.78 is 10.9. The van der Waals surface area contributed by atoms with E-state index in [0.29, 0.717) is 48.5 Å². The van der Waals surface area contributed by atoms with Crippen molar-refractivity contribution in [2.75, 3.05) is 26.3 Å². The molecule has 0 bridgehead atoms. The smallest absolute Gasteiger partial charge is 0.333 e. The SMILES string of the molecule is C=C(C)C(=O)OCCN1C2CCCCC2N(CCOC(=O)C(=C)C)C2CCCCC21. The molecular formula is C24H38N2O4. The Hall–Kier alpha value is -1.66. The monoisotopic (exact) mass is 418 g/mol. The Balaban J connectivity index is 1.69. The molecule has 0 spiro atoms. The van der Waals surface area contributed by atoms with Gasteiger partial charge in [0.1, 0.15) is 13.2 Å². The maximum Gasteiger partial charge on any atom is 0.333 e. The molecule has 4 unspecified atom stereocenters. The second kappa shape index (κ2) is 10.6. The number of piperazine rings is 1. The third-order valence-electron chi connectivity index (χ3n) is 6.95. The molecule has 1 heterocycles. The summed E-state index contributed by atoms with van der Waals surface area (Å²) in [4.78, 5) is 29.0. The Morgan fingerprint density at radius 2 is 1.00 bits per heavy atom. The Bertz CT molecular complexity index is 582. The summed E-state index contributed by atoms with van der Waals surface area (Å²) in [7, 11) is 0. The van der Waals surface area contributed by atoms with Crippen molar-refractivity contribution in [1.82, 2.24) is 9.80 Å². The van der Waals surface area contributed by atoms with Gasteiger partial charge in [-0.1, -0.05) is 38.8 Å². The molecule has 0 aromatic carbocycles. The van der Waals surface area contributed by atoms with Gasteiger partial charge in [-0.2, -0.15) is 0 Å². The van der Waals surface area contributed by atoms with Gasteiger partial charge in [0.2, 0.25) is 0 Å². The number of carbonyl (C=O) groups excluding carboxylic acids is 2. The van der Waals surface area contributed by atoms with E-state index in [9.17, 15) is 9.59 Å². The summed E-state index contributed by atoms with van der Waals surface area (Å²) in [6.07, 6.45) is 9.74. The molecule has 6 nitrogen and oxygen atoms in total. The van der Waals surface area contributed by atoms with Crippen LogP contribution in [0.1, 0.15) is 65.2 Å². The Labute approximate surface area is 181 Å². The number of rotatable bonds is 8. The zero-order valence-corrected chi connectivity index (χ0v) is 18.7. The predicted octanol–water partition coefficient (Wildman–Crippen LogP) is 3.47. The fraction of sp³-hybridized carbons (Fsp3) is 0.750. The second-order valence-electron chi connectivity index (χ2n) is 9.15. The lowest BCUT2D eigenvalue weighted by molar-refractivity contribution is -0.146. The Morgan fingerprint density at radius 1 is 0.700 bits per heavy atom. The van der Waals surface area contributed by atoms with Crippen LogP contribution in [0.4, 0.5) is 0 Å². The van der Waals surface area contributed by atoms with Gasteiger partial charge in [0.05, 0.1) is 0 Å². The van der Waals surface area contributed by atoms with Gasteiger partial charge in [-0.05, 0) is 39.5 Å².